The molecule has 0 saturated carbocycles. The number of para-hydroxylation sites is 3. The van der Waals surface area contributed by atoms with E-state index in [1.54, 1.807) is 60.7 Å². The van der Waals surface area contributed by atoms with Crippen LogP contribution >= 0.6 is 0 Å². The Labute approximate surface area is 197 Å². The molecule has 0 atom stereocenters. The van der Waals surface area contributed by atoms with Gasteiger partial charge in [-0.3, -0.25) is 9.10 Å². The Morgan fingerprint density at radius 1 is 1.03 bits per heavy atom. The quantitative estimate of drug-likeness (QED) is 0.392. The number of fused-ring (bicyclic) bond motifs is 1. The minimum Gasteiger partial charge on any atom is -0.495 e. The number of carbonyl (C=O) groups is 1. The Morgan fingerprint density at radius 3 is 2.56 bits per heavy atom. The van der Waals surface area contributed by atoms with Gasteiger partial charge in [0.05, 0.1) is 23.9 Å². The van der Waals surface area contributed by atoms with E-state index in [0.29, 0.717) is 36.0 Å². The van der Waals surface area contributed by atoms with E-state index < -0.39 is 22.5 Å². The maximum Gasteiger partial charge on any atom is 0.264 e. The molecule has 4 rings (SSSR count). The van der Waals surface area contributed by atoms with Crippen molar-refractivity contribution in [3.05, 3.63) is 78.4 Å². The van der Waals surface area contributed by atoms with Gasteiger partial charge in [-0.2, -0.15) is 5.10 Å². The first-order chi connectivity index (χ1) is 16.5. The molecule has 0 radical (unpaired) electrons. The Morgan fingerprint density at radius 2 is 1.76 bits per heavy atom. The van der Waals surface area contributed by atoms with Gasteiger partial charge in [0.1, 0.15) is 25.5 Å². The van der Waals surface area contributed by atoms with E-state index in [2.05, 4.69) is 10.5 Å². The third-order valence-corrected chi connectivity index (χ3v) is 6.74. The average Bonchev–Trinajstić information content (AvgIpc) is 2.88. The molecule has 1 N–H and O–H groups in total. The number of rotatable bonds is 8. The van der Waals surface area contributed by atoms with Crippen molar-refractivity contribution in [2.45, 2.75) is 4.90 Å². The van der Waals surface area contributed by atoms with Crippen LogP contribution in [0.15, 0.2) is 82.8 Å². The van der Waals surface area contributed by atoms with Crippen molar-refractivity contribution in [1.29, 1.82) is 0 Å². The van der Waals surface area contributed by atoms with Crippen LogP contribution in [0.2, 0.25) is 0 Å². The Hall–Kier alpha value is -4.05. The van der Waals surface area contributed by atoms with Gasteiger partial charge in [-0.15, -0.1) is 0 Å². The molecule has 3 aromatic rings. The zero-order valence-corrected chi connectivity index (χ0v) is 19.2. The van der Waals surface area contributed by atoms with E-state index in [9.17, 15) is 13.2 Å². The highest BCUT2D eigenvalue weighted by atomic mass is 32.2. The third kappa shape index (κ3) is 4.96. The molecule has 3 aromatic carbocycles. The predicted octanol–water partition coefficient (Wildman–Crippen LogP) is 2.81. The number of anilines is 1. The molecule has 0 aromatic heterocycles. The number of hydrogen-bond donors (Lipinski definition) is 1. The molecule has 1 aliphatic heterocycles. The van der Waals surface area contributed by atoms with Crippen molar-refractivity contribution < 1.29 is 27.4 Å². The van der Waals surface area contributed by atoms with Crippen LogP contribution in [0.4, 0.5) is 5.69 Å². The summed E-state index contributed by atoms with van der Waals surface area (Å²) in [6.45, 7) is 0.357. The first kappa shape index (κ1) is 23.1. The minimum absolute atomic E-state index is 0.0465. The van der Waals surface area contributed by atoms with Gasteiger partial charge in [-0.05, 0) is 36.4 Å². The van der Waals surface area contributed by atoms with Gasteiger partial charge in [-0.25, -0.2) is 13.8 Å². The molecule has 176 valence electrons. The Kier molecular flexibility index (Phi) is 6.98. The van der Waals surface area contributed by atoms with Crippen LogP contribution in [0.5, 0.6) is 17.2 Å². The van der Waals surface area contributed by atoms with Crippen LogP contribution in [0.1, 0.15) is 5.56 Å². The van der Waals surface area contributed by atoms with E-state index in [1.165, 1.54) is 25.5 Å². The molecule has 0 saturated heterocycles. The summed E-state index contributed by atoms with van der Waals surface area (Å²) >= 11 is 0. The summed E-state index contributed by atoms with van der Waals surface area (Å²) in [5.41, 5.74) is 3.24. The topological polar surface area (TPSA) is 107 Å². The first-order valence-corrected chi connectivity index (χ1v) is 11.9. The Bertz CT molecular complexity index is 1300. The number of hydrogen-bond acceptors (Lipinski definition) is 7. The van der Waals surface area contributed by atoms with E-state index in [0.717, 1.165) is 4.31 Å². The molecular weight excluding hydrogens is 458 g/mol. The molecule has 0 fully saturated rings. The molecule has 1 aliphatic rings. The number of hydrazone groups is 1. The minimum atomic E-state index is -4.07. The maximum atomic E-state index is 13.4. The largest absolute Gasteiger partial charge is 0.495 e. The maximum absolute atomic E-state index is 13.4. The highest BCUT2D eigenvalue weighted by molar-refractivity contribution is 7.92. The Balaban J connectivity index is 1.57. The van der Waals surface area contributed by atoms with Crippen LogP contribution in [0.25, 0.3) is 0 Å². The molecule has 1 amide bonds. The monoisotopic (exact) mass is 481 g/mol. The summed E-state index contributed by atoms with van der Waals surface area (Å²) in [6, 6.07) is 19.8. The average molecular weight is 482 g/mol. The van der Waals surface area contributed by atoms with Gasteiger partial charge in [-0.1, -0.05) is 36.4 Å². The van der Waals surface area contributed by atoms with Gasteiger partial charge in [0.25, 0.3) is 15.9 Å². The third-order valence-electron chi connectivity index (χ3n) is 4.96. The number of ether oxygens (including phenoxy) is 3. The van der Waals surface area contributed by atoms with E-state index in [4.69, 9.17) is 14.2 Å². The summed E-state index contributed by atoms with van der Waals surface area (Å²) in [5.74, 6) is 0.807. The van der Waals surface area contributed by atoms with Gasteiger partial charge in [0.2, 0.25) is 0 Å². The fraction of sp³-hybridized carbons (Fsp3) is 0.167. The van der Waals surface area contributed by atoms with Crippen LogP contribution in [-0.4, -0.2) is 47.4 Å². The first-order valence-electron chi connectivity index (χ1n) is 10.4. The second-order valence-corrected chi connectivity index (χ2v) is 9.02. The lowest BCUT2D eigenvalue weighted by Gasteiger charge is -2.25. The fourth-order valence-electron chi connectivity index (χ4n) is 3.39. The number of sulfonamides is 1. The van der Waals surface area contributed by atoms with Crippen molar-refractivity contribution in [2.24, 2.45) is 5.10 Å². The van der Waals surface area contributed by atoms with E-state index in [1.807, 2.05) is 0 Å². The van der Waals surface area contributed by atoms with E-state index in [-0.39, 0.29) is 10.6 Å². The van der Waals surface area contributed by atoms with Crippen molar-refractivity contribution in [3.63, 3.8) is 0 Å². The van der Waals surface area contributed by atoms with Crippen LogP contribution in [0, 0.1) is 0 Å². The molecular formula is C24H23N3O6S. The number of amides is 1. The van der Waals surface area contributed by atoms with Crippen LogP contribution in [-0.2, 0) is 14.8 Å². The summed E-state index contributed by atoms with van der Waals surface area (Å²) < 4.78 is 44.3. The molecule has 0 bridgehead atoms. The van der Waals surface area contributed by atoms with E-state index >= 15 is 0 Å². The molecule has 0 aliphatic carbocycles. The summed E-state index contributed by atoms with van der Waals surface area (Å²) in [5, 5.41) is 3.98. The van der Waals surface area contributed by atoms with Gasteiger partial charge in [0, 0.05) is 5.56 Å². The summed E-state index contributed by atoms with van der Waals surface area (Å²) in [4.78, 5) is 12.8. The molecule has 1 heterocycles. The van der Waals surface area contributed by atoms with Crippen molar-refractivity contribution in [3.8, 4) is 17.2 Å². The SMILES string of the molecule is COc1ccccc1N(CC(=O)N/N=C\c1cccc2c1OCCO2)S(=O)(=O)c1ccccc1. The number of carbonyl (C=O) groups excluding carboxylic acids is 1. The van der Waals surface area contributed by atoms with Crippen LogP contribution in [0.3, 0.4) is 0 Å². The lowest BCUT2D eigenvalue weighted by atomic mass is 10.2. The lowest BCUT2D eigenvalue weighted by molar-refractivity contribution is -0.119. The number of methoxy groups -OCH3 is 1. The highest BCUT2D eigenvalue weighted by Gasteiger charge is 2.29. The van der Waals surface area contributed by atoms with Crippen molar-refractivity contribution in [1.82, 2.24) is 5.43 Å². The molecule has 10 heteroatoms. The normalized spacial score (nSPS) is 12.9. The standard InChI is InChI=1S/C24H23N3O6S/c1-31-21-12-6-5-11-20(21)27(34(29,30)19-9-3-2-4-10-19)17-23(28)26-25-16-18-8-7-13-22-24(18)33-15-14-32-22/h2-13,16H,14-15,17H2,1H3,(H,26,28)/b25-16-. The molecule has 0 spiro atoms. The predicted molar refractivity (Wildman–Crippen MR) is 127 cm³/mol. The van der Waals surface area contributed by atoms with Gasteiger partial charge in [0.15, 0.2) is 11.5 Å². The zero-order chi connectivity index (χ0) is 24.0. The fourth-order valence-corrected chi connectivity index (χ4v) is 4.85. The van der Waals surface area contributed by atoms with Crippen molar-refractivity contribution in [2.75, 3.05) is 31.2 Å². The molecule has 34 heavy (non-hydrogen) atoms. The summed E-state index contributed by atoms with van der Waals surface area (Å²) in [6.07, 6.45) is 1.42. The second kappa shape index (κ2) is 10.3. The number of benzene rings is 3. The zero-order valence-electron chi connectivity index (χ0n) is 18.4. The molecule has 9 nitrogen and oxygen atoms in total. The number of nitrogens with one attached hydrogen (secondary N) is 1. The lowest BCUT2D eigenvalue weighted by Crippen LogP contribution is -2.39. The summed E-state index contributed by atoms with van der Waals surface area (Å²) in [7, 11) is -2.63. The second-order valence-electron chi connectivity index (χ2n) is 7.16. The van der Waals surface area contributed by atoms with Gasteiger partial charge >= 0.3 is 0 Å². The van der Waals surface area contributed by atoms with Crippen molar-refractivity contribution >= 4 is 27.8 Å². The smallest absolute Gasteiger partial charge is 0.264 e. The van der Waals surface area contributed by atoms with Crippen LogP contribution < -0.4 is 23.9 Å². The van der Waals surface area contributed by atoms with Gasteiger partial charge < -0.3 is 14.2 Å². The highest BCUT2D eigenvalue weighted by Crippen LogP contribution is 2.33. The number of nitrogens with zero attached hydrogens (tertiary/aromatic N) is 2. The molecule has 0 unspecified atom stereocenters.